The Kier molecular flexibility index (Phi) is 3.52. The molecular weight excluding hydrogens is 318 g/mol. The van der Waals surface area contributed by atoms with Crippen LogP contribution in [-0.4, -0.2) is 15.3 Å². The van der Waals surface area contributed by atoms with Crippen LogP contribution in [0.3, 0.4) is 0 Å². The van der Waals surface area contributed by atoms with Crippen LogP contribution >= 0.6 is 15.9 Å². The van der Waals surface area contributed by atoms with Crippen LogP contribution in [0.15, 0.2) is 59.3 Å². The molecule has 0 aliphatic heterocycles. The standard InChI is InChI=1S/C15H12BrN3O/c16-12-6-4-11(5-7-12)9-17-15(20)13-10-19-8-2-1-3-14(19)18-13/h1-8,10H,9H2,(H,17,20). The Bertz CT molecular complexity index is 716. The van der Waals surface area contributed by atoms with Crippen LogP contribution in [-0.2, 0) is 6.54 Å². The number of fused-ring (bicyclic) bond motifs is 1. The highest BCUT2D eigenvalue weighted by molar-refractivity contribution is 9.10. The Morgan fingerprint density at radius 3 is 2.75 bits per heavy atom. The van der Waals surface area contributed by atoms with E-state index in [1.165, 1.54) is 0 Å². The van der Waals surface area contributed by atoms with Gasteiger partial charge in [0.05, 0.1) is 0 Å². The molecule has 1 amide bonds. The summed E-state index contributed by atoms with van der Waals surface area (Å²) in [4.78, 5) is 16.3. The SMILES string of the molecule is O=C(NCc1ccc(Br)cc1)c1cn2ccccc2n1. The molecule has 20 heavy (non-hydrogen) atoms. The maximum absolute atomic E-state index is 12.1. The Labute approximate surface area is 124 Å². The van der Waals surface area contributed by atoms with Gasteiger partial charge in [-0.05, 0) is 29.8 Å². The van der Waals surface area contributed by atoms with Crippen molar-refractivity contribution >= 4 is 27.5 Å². The van der Waals surface area contributed by atoms with Gasteiger partial charge in [-0.25, -0.2) is 4.98 Å². The molecule has 0 unspecified atom stereocenters. The quantitative estimate of drug-likeness (QED) is 0.802. The predicted molar refractivity (Wildman–Crippen MR) is 80.5 cm³/mol. The number of hydrogen-bond acceptors (Lipinski definition) is 2. The van der Waals surface area contributed by atoms with Gasteiger partial charge in [-0.3, -0.25) is 4.79 Å². The van der Waals surface area contributed by atoms with Crippen LogP contribution in [0.1, 0.15) is 16.1 Å². The van der Waals surface area contributed by atoms with Crippen LogP contribution in [0.4, 0.5) is 0 Å². The van der Waals surface area contributed by atoms with Crippen molar-refractivity contribution < 1.29 is 4.79 Å². The van der Waals surface area contributed by atoms with E-state index in [2.05, 4.69) is 26.2 Å². The van der Waals surface area contributed by atoms with E-state index in [9.17, 15) is 4.79 Å². The molecule has 0 spiro atoms. The summed E-state index contributed by atoms with van der Waals surface area (Å²) < 4.78 is 2.85. The summed E-state index contributed by atoms with van der Waals surface area (Å²) >= 11 is 3.38. The molecule has 0 aliphatic carbocycles. The van der Waals surface area contributed by atoms with E-state index in [-0.39, 0.29) is 5.91 Å². The zero-order chi connectivity index (χ0) is 13.9. The molecule has 1 aromatic carbocycles. The summed E-state index contributed by atoms with van der Waals surface area (Å²) in [5.41, 5.74) is 2.24. The zero-order valence-electron chi connectivity index (χ0n) is 10.6. The van der Waals surface area contributed by atoms with E-state index in [0.717, 1.165) is 15.7 Å². The van der Waals surface area contributed by atoms with E-state index >= 15 is 0 Å². The fourth-order valence-corrected chi connectivity index (χ4v) is 2.18. The number of pyridine rings is 1. The third-order valence-corrected chi connectivity index (χ3v) is 3.49. The fourth-order valence-electron chi connectivity index (χ4n) is 1.92. The van der Waals surface area contributed by atoms with Crippen LogP contribution < -0.4 is 5.32 Å². The topological polar surface area (TPSA) is 46.4 Å². The van der Waals surface area contributed by atoms with Gasteiger partial charge in [0, 0.05) is 23.4 Å². The Morgan fingerprint density at radius 2 is 2.00 bits per heavy atom. The average molecular weight is 330 g/mol. The number of rotatable bonds is 3. The average Bonchev–Trinajstić information content (AvgIpc) is 2.90. The molecule has 0 atom stereocenters. The van der Waals surface area contributed by atoms with Gasteiger partial charge in [-0.1, -0.05) is 34.1 Å². The van der Waals surface area contributed by atoms with Crippen molar-refractivity contribution in [3.63, 3.8) is 0 Å². The summed E-state index contributed by atoms with van der Waals surface area (Å²) in [5.74, 6) is -0.170. The molecule has 0 saturated carbocycles. The molecule has 4 nitrogen and oxygen atoms in total. The van der Waals surface area contributed by atoms with Crippen LogP contribution in [0.2, 0.25) is 0 Å². The number of carbonyl (C=O) groups excluding carboxylic acids is 1. The van der Waals surface area contributed by atoms with Gasteiger partial charge >= 0.3 is 0 Å². The third-order valence-electron chi connectivity index (χ3n) is 2.96. The van der Waals surface area contributed by atoms with Crippen molar-refractivity contribution in [1.82, 2.24) is 14.7 Å². The minimum atomic E-state index is -0.170. The number of imidazole rings is 1. The highest BCUT2D eigenvalue weighted by Gasteiger charge is 2.09. The highest BCUT2D eigenvalue weighted by atomic mass is 79.9. The second-order valence-electron chi connectivity index (χ2n) is 4.40. The van der Waals surface area contributed by atoms with E-state index in [1.807, 2.05) is 53.1 Å². The smallest absolute Gasteiger partial charge is 0.271 e. The number of nitrogens with zero attached hydrogens (tertiary/aromatic N) is 2. The first-order valence-electron chi connectivity index (χ1n) is 6.19. The lowest BCUT2D eigenvalue weighted by Crippen LogP contribution is -2.23. The lowest BCUT2D eigenvalue weighted by Gasteiger charge is -2.03. The second-order valence-corrected chi connectivity index (χ2v) is 5.32. The first-order valence-corrected chi connectivity index (χ1v) is 6.98. The largest absolute Gasteiger partial charge is 0.347 e. The van der Waals surface area contributed by atoms with Crippen molar-refractivity contribution in [2.45, 2.75) is 6.54 Å². The summed E-state index contributed by atoms with van der Waals surface area (Å²) in [6.07, 6.45) is 3.60. The summed E-state index contributed by atoms with van der Waals surface area (Å²) in [6.45, 7) is 0.486. The number of nitrogens with one attached hydrogen (secondary N) is 1. The van der Waals surface area contributed by atoms with E-state index in [0.29, 0.717) is 12.2 Å². The van der Waals surface area contributed by atoms with Crippen molar-refractivity contribution in [2.75, 3.05) is 0 Å². The Morgan fingerprint density at radius 1 is 1.20 bits per heavy atom. The molecule has 3 rings (SSSR count). The van der Waals surface area contributed by atoms with Crippen molar-refractivity contribution in [3.05, 3.63) is 70.6 Å². The Balaban J connectivity index is 1.71. The number of halogens is 1. The first-order chi connectivity index (χ1) is 9.72. The van der Waals surface area contributed by atoms with Crippen LogP contribution in [0.5, 0.6) is 0 Å². The van der Waals surface area contributed by atoms with Gasteiger partial charge in [0.2, 0.25) is 0 Å². The second kappa shape index (κ2) is 5.46. The van der Waals surface area contributed by atoms with E-state index in [1.54, 1.807) is 6.20 Å². The third kappa shape index (κ3) is 2.72. The summed E-state index contributed by atoms with van der Waals surface area (Å²) in [6, 6.07) is 13.5. The molecule has 0 radical (unpaired) electrons. The molecule has 5 heteroatoms. The van der Waals surface area contributed by atoms with Crippen LogP contribution in [0.25, 0.3) is 5.65 Å². The molecule has 1 N–H and O–H groups in total. The van der Waals surface area contributed by atoms with Crippen molar-refractivity contribution in [3.8, 4) is 0 Å². The molecule has 0 bridgehead atoms. The summed E-state index contributed by atoms with van der Waals surface area (Å²) in [5, 5.41) is 2.87. The minimum absolute atomic E-state index is 0.170. The van der Waals surface area contributed by atoms with Gasteiger partial charge in [0.25, 0.3) is 5.91 Å². The van der Waals surface area contributed by atoms with Gasteiger partial charge in [-0.15, -0.1) is 0 Å². The lowest BCUT2D eigenvalue weighted by molar-refractivity contribution is 0.0946. The maximum Gasteiger partial charge on any atom is 0.271 e. The molecule has 2 aromatic heterocycles. The molecule has 100 valence electrons. The predicted octanol–water partition coefficient (Wildman–Crippen LogP) is 3.03. The van der Waals surface area contributed by atoms with Crippen LogP contribution in [0, 0.1) is 0 Å². The minimum Gasteiger partial charge on any atom is -0.347 e. The Hall–Kier alpha value is -2.14. The molecule has 0 aliphatic rings. The molecule has 2 heterocycles. The number of benzene rings is 1. The molecule has 0 saturated heterocycles. The summed E-state index contributed by atoms with van der Waals surface area (Å²) in [7, 11) is 0. The lowest BCUT2D eigenvalue weighted by atomic mass is 10.2. The highest BCUT2D eigenvalue weighted by Crippen LogP contribution is 2.10. The normalized spacial score (nSPS) is 10.7. The number of amides is 1. The molecular formula is C15H12BrN3O. The molecule has 0 fully saturated rings. The maximum atomic E-state index is 12.1. The van der Waals surface area contributed by atoms with Crippen molar-refractivity contribution in [2.24, 2.45) is 0 Å². The van der Waals surface area contributed by atoms with Crippen molar-refractivity contribution in [1.29, 1.82) is 0 Å². The fraction of sp³-hybridized carbons (Fsp3) is 0.0667. The van der Waals surface area contributed by atoms with Gasteiger partial charge < -0.3 is 9.72 Å². The van der Waals surface area contributed by atoms with Gasteiger partial charge in [0.1, 0.15) is 11.3 Å². The first kappa shape index (κ1) is 12.9. The van der Waals surface area contributed by atoms with Gasteiger partial charge in [0.15, 0.2) is 0 Å². The number of aromatic nitrogens is 2. The van der Waals surface area contributed by atoms with E-state index < -0.39 is 0 Å². The zero-order valence-corrected chi connectivity index (χ0v) is 12.2. The number of hydrogen-bond donors (Lipinski definition) is 1. The molecule has 3 aromatic rings. The van der Waals surface area contributed by atoms with E-state index in [4.69, 9.17) is 0 Å². The van der Waals surface area contributed by atoms with Gasteiger partial charge in [-0.2, -0.15) is 0 Å². The number of carbonyl (C=O) groups is 1. The monoisotopic (exact) mass is 329 g/mol.